The van der Waals surface area contributed by atoms with Crippen molar-refractivity contribution in [3.63, 3.8) is 0 Å². The van der Waals surface area contributed by atoms with Crippen LogP contribution < -0.4 is 4.90 Å². The lowest BCUT2D eigenvalue weighted by Crippen LogP contribution is -2.10. The van der Waals surface area contributed by atoms with Crippen molar-refractivity contribution in [1.29, 1.82) is 0 Å². The van der Waals surface area contributed by atoms with Gasteiger partial charge in [-0.1, -0.05) is 133 Å². The smallest absolute Gasteiger partial charge is 0.160 e. The van der Waals surface area contributed by atoms with Crippen LogP contribution >= 0.6 is 0 Å². The van der Waals surface area contributed by atoms with Gasteiger partial charge in [0.15, 0.2) is 5.82 Å². The van der Waals surface area contributed by atoms with Gasteiger partial charge in [-0.25, -0.2) is 9.97 Å². The third kappa shape index (κ3) is 5.58. The van der Waals surface area contributed by atoms with E-state index >= 15 is 0 Å². The third-order valence-electron chi connectivity index (χ3n) is 9.18. The number of rotatable bonds is 3. The van der Waals surface area contributed by atoms with Gasteiger partial charge in [0.1, 0.15) is 0 Å². The molecule has 0 radical (unpaired) electrons. The molecule has 1 aromatic heterocycles. The highest BCUT2D eigenvalue weighted by atomic mass is 15.1. The first-order chi connectivity index (χ1) is 24.2. The van der Waals surface area contributed by atoms with E-state index < -0.39 is 0 Å². The lowest BCUT2D eigenvalue weighted by molar-refractivity contribution is 1.18. The summed E-state index contributed by atoms with van der Waals surface area (Å²) < 4.78 is 0. The molecule has 0 fully saturated rings. The highest BCUT2D eigenvalue weighted by molar-refractivity contribution is 5.85. The van der Waals surface area contributed by atoms with Crippen molar-refractivity contribution in [2.75, 3.05) is 4.90 Å². The number of fused-ring (bicyclic) bond motifs is 14. The number of nitrogens with zero attached hydrogens (tertiary/aromatic N) is 3. The van der Waals surface area contributed by atoms with E-state index in [2.05, 4.69) is 187 Å². The molecule has 0 spiro atoms. The maximum Gasteiger partial charge on any atom is 0.160 e. The van der Waals surface area contributed by atoms with E-state index in [0.717, 1.165) is 67.4 Å². The molecule has 230 valence electrons. The second kappa shape index (κ2) is 12.2. The van der Waals surface area contributed by atoms with E-state index in [0.29, 0.717) is 5.82 Å². The zero-order valence-electron chi connectivity index (χ0n) is 26.7. The molecule has 0 amide bonds. The van der Waals surface area contributed by atoms with E-state index in [1.54, 1.807) is 0 Å². The fourth-order valence-electron chi connectivity index (χ4n) is 6.71. The van der Waals surface area contributed by atoms with Crippen molar-refractivity contribution in [3.05, 3.63) is 188 Å². The highest BCUT2D eigenvalue weighted by Gasteiger charge is 2.17. The quantitative estimate of drug-likeness (QED) is 0.196. The Kier molecular flexibility index (Phi) is 7.14. The van der Waals surface area contributed by atoms with E-state index in [1.807, 2.05) is 6.07 Å². The zero-order valence-corrected chi connectivity index (χ0v) is 26.7. The van der Waals surface area contributed by atoms with Gasteiger partial charge in [-0.05, 0) is 88.0 Å². The van der Waals surface area contributed by atoms with Gasteiger partial charge in [-0.15, -0.1) is 0 Å². The van der Waals surface area contributed by atoms with Crippen LogP contribution in [0.2, 0.25) is 0 Å². The predicted octanol–water partition coefficient (Wildman–Crippen LogP) is 12.3. The second-order valence-corrected chi connectivity index (χ2v) is 12.3. The summed E-state index contributed by atoms with van der Waals surface area (Å²) in [7, 11) is 0. The molecule has 0 N–H and O–H groups in total. The Labute approximate surface area is 286 Å². The largest absolute Gasteiger partial charge is 0.310 e. The number of hydrogen-bond donors (Lipinski definition) is 0. The van der Waals surface area contributed by atoms with Crippen LogP contribution in [0.15, 0.2) is 188 Å². The van der Waals surface area contributed by atoms with E-state index in [4.69, 9.17) is 9.97 Å². The van der Waals surface area contributed by atoms with Crippen LogP contribution in [0.4, 0.5) is 17.1 Å². The second-order valence-electron chi connectivity index (χ2n) is 12.3. The van der Waals surface area contributed by atoms with Gasteiger partial charge in [0.2, 0.25) is 0 Å². The van der Waals surface area contributed by atoms with Crippen LogP contribution in [0.1, 0.15) is 0 Å². The molecule has 8 aromatic rings. The molecule has 7 aromatic carbocycles. The zero-order chi connectivity index (χ0) is 32.6. The first-order valence-corrected chi connectivity index (χ1v) is 16.6. The van der Waals surface area contributed by atoms with Crippen LogP contribution in [0.5, 0.6) is 0 Å². The van der Waals surface area contributed by atoms with Crippen LogP contribution in [-0.4, -0.2) is 9.97 Å². The molecule has 1 aliphatic heterocycles. The fourth-order valence-corrected chi connectivity index (χ4v) is 6.71. The molecule has 3 nitrogen and oxygen atoms in total. The summed E-state index contributed by atoms with van der Waals surface area (Å²) in [5.41, 5.74) is 15.0. The van der Waals surface area contributed by atoms with E-state index in [9.17, 15) is 0 Å². The number of aromatic nitrogens is 2. The monoisotopic (exact) mass is 625 g/mol. The molecule has 1 aliphatic rings. The van der Waals surface area contributed by atoms with Gasteiger partial charge in [0.05, 0.1) is 11.4 Å². The minimum absolute atomic E-state index is 0.703. The number of hydrogen-bond acceptors (Lipinski definition) is 3. The highest BCUT2D eigenvalue weighted by Crippen LogP contribution is 2.40. The molecular formula is C46H31N3. The summed E-state index contributed by atoms with van der Waals surface area (Å²) in [4.78, 5) is 12.6. The predicted molar refractivity (Wildman–Crippen MR) is 203 cm³/mol. The first kappa shape index (κ1) is 28.6. The van der Waals surface area contributed by atoms with Crippen LogP contribution in [0.25, 0.3) is 67.3 Å². The SMILES string of the molecule is c1ccc(-c2ccc(N3c4cccc(c4)-c4cccc(c4)-c4cc(-c5ccccc5)nc(n4)-c4cccc(c4)-c4cccc3c4)cc2)cc1. The molecule has 0 aliphatic carbocycles. The van der Waals surface area contributed by atoms with Crippen molar-refractivity contribution < 1.29 is 0 Å². The van der Waals surface area contributed by atoms with E-state index in [-0.39, 0.29) is 0 Å². The molecular weight excluding hydrogens is 595 g/mol. The summed E-state index contributed by atoms with van der Waals surface area (Å²) in [6.45, 7) is 0. The van der Waals surface area contributed by atoms with Gasteiger partial charge in [0.25, 0.3) is 0 Å². The maximum atomic E-state index is 5.16. The van der Waals surface area contributed by atoms with Crippen LogP contribution in [0, 0.1) is 0 Å². The van der Waals surface area contributed by atoms with Gasteiger partial charge < -0.3 is 4.90 Å². The van der Waals surface area contributed by atoms with Crippen molar-refractivity contribution in [2.45, 2.75) is 0 Å². The lowest BCUT2D eigenvalue weighted by Gasteiger charge is -2.27. The average Bonchev–Trinajstić information content (AvgIpc) is 3.19. The first-order valence-electron chi connectivity index (χ1n) is 16.6. The Morgan fingerprint density at radius 2 is 0.694 bits per heavy atom. The van der Waals surface area contributed by atoms with Gasteiger partial charge in [-0.2, -0.15) is 0 Å². The molecule has 0 saturated heterocycles. The summed E-state index contributed by atoms with van der Waals surface area (Å²) in [5, 5.41) is 0. The van der Waals surface area contributed by atoms with Crippen LogP contribution in [0.3, 0.4) is 0 Å². The van der Waals surface area contributed by atoms with Crippen molar-refractivity contribution in [2.24, 2.45) is 0 Å². The summed E-state index contributed by atoms with van der Waals surface area (Å²) in [6, 6.07) is 66.7. The molecule has 10 bridgehead atoms. The van der Waals surface area contributed by atoms with Crippen molar-refractivity contribution in [1.82, 2.24) is 9.97 Å². The fraction of sp³-hybridized carbons (Fsp3) is 0. The third-order valence-corrected chi connectivity index (χ3v) is 9.18. The van der Waals surface area contributed by atoms with Crippen molar-refractivity contribution in [3.8, 4) is 67.3 Å². The summed E-state index contributed by atoms with van der Waals surface area (Å²) in [5.74, 6) is 0.703. The van der Waals surface area contributed by atoms with Crippen LogP contribution in [-0.2, 0) is 0 Å². The van der Waals surface area contributed by atoms with Crippen molar-refractivity contribution >= 4 is 17.1 Å². The minimum atomic E-state index is 0.703. The molecule has 0 atom stereocenters. The molecule has 0 unspecified atom stereocenters. The molecule has 49 heavy (non-hydrogen) atoms. The standard InChI is InChI=1S/C46H31N3/c1-3-11-32(12-4-1)33-23-25-41(26-24-33)49-42-21-9-17-37(29-42)35-15-7-19-39(27-35)45-31-44(34-13-5-2-6-14-34)47-46(48-45)40-20-8-16-36(28-40)38-18-10-22-43(49)30-38/h1-31H. The molecule has 2 heterocycles. The number of anilines is 3. The topological polar surface area (TPSA) is 29.0 Å². The Hall–Kier alpha value is -6.58. The van der Waals surface area contributed by atoms with E-state index in [1.165, 1.54) is 11.1 Å². The minimum Gasteiger partial charge on any atom is -0.310 e. The average molecular weight is 626 g/mol. The Bertz CT molecular complexity index is 2320. The number of benzene rings is 7. The lowest BCUT2D eigenvalue weighted by atomic mass is 9.98. The summed E-state index contributed by atoms with van der Waals surface area (Å²) >= 11 is 0. The molecule has 3 heteroatoms. The normalized spacial score (nSPS) is 11.6. The maximum absolute atomic E-state index is 5.16. The van der Waals surface area contributed by atoms with Gasteiger partial charge in [-0.3, -0.25) is 0 Å². The Balaban J connectivity index is 1.26. The Morgan fingerprint density at radius 1 is 0.265 bits per heavy atom. The molecule has 9 rings (SSSR count). The Morgan fingerprint density at radius 3 is 1.31 bits per heavy atom. The summed E-state index contributed by atoms with van der Waals surface area (Å²) in [6.07, 6.45) is 0. The van der Waals surface area contributed by atoms with Gasteiger partial charge in [0, 0.05) is 33.8 Å². The molecule has 0 saturated carbocycles. The van der Waals surface area contributed by atoms with Gasteiger partial charge >= 0.3 is 0 Å².